The maximum atomic E-state index is 11.6. The fraction of sp³-hybridized carbons (Fsp3) is 0.929. The van der Waals surface area contributed by atoms with Crippen LogP contribution in [0.4, 0.5) is 0 Å². The lowest BCUT2D eigenvalue weighted by Gasteiger charge is -2.37. The van der Waals surface area contributed by atoms with Crippen molar-refractivity contribution in [2.24, 2.45) is 0 Å². The molecule has 1 fully saturated rings. The van der Waals surface area contributed by atoms with Crippen LogP contribution in [0.3, 0.4) is 0 Å². The lowest BCUT2D eigenvalue weighted by Crippen LogP contribution is -2.56. The lowest BCUT2D eigenvalue weighted by atomic mass is 9.80. The van der Waals surface area contributed by atoms with E-state index in [1.54, 1.807) is 7.11 Å². The number of likely N-dealkylation sites (N-methyl/N-ethyl adjacent to an activating group) is 1. The average Bonchev–Trinajstić information content (AvgIpc) is 2.44. The van der Waals surface area contributed by atoms with Crippen LogP contribution in [0.1, 0.15) is 39.5 Å². The SMILES string of the molecule is CCN(CC)CCNC1(C(=O)O)CCC(OC)CC1. The molecule has 19 heavy (non-hydrogen) atoms. The van der Waals surface area contributed by atoms with Gasteiger partial charge < -0.3 is 20.1 Å². The van der Waals surface area contributed by atoms with Crippen LogP contribution in [0.25, 0.3) is 0 Å². The van der Waals surface area contributed by atoms with Crippen molar-refractivity contribution in [3.8, 4) is 0 Å². The Bertz CT molecular complexity index is 272. The van der Waals surface area contributed by atoms with E-state index in [-0.39, 0.29) is 6.10 Å². The molecule has 1 rings (SSSR count). The molecule has 0 spiro atoms. The van der Waals surface area contributed by atoms with E-state index in [2.05, 4.69) is 24.1 Å². The quantitative estimate of drug-likeness (QED) is 0.698. The van der Waals surface area contributed by atoms with Gasteiger partial charge in [0.2, 0.25) is 0 Å². The fourth-order valence-corrected chi connectivity index (χ4v) is 2.78. The third kappa shape index (κ3) is 4.44. The highest BCUT2D eigenvalue weighted by molar-refractivity contribution is 5.79. The molecule has 0 saturated heterocycles. The molecule has 0 bridgehead atoms. The number of carboxylic acid groups (broad SMARTS) is 1. The molecule has 5 nitrogen and oxygen atoms in total. The monoisotopic (exact) mass is 272 g/mol. The van der Waals surface area contributed by atoms with Crippen LogP contribution >= 0.6 is 0 Å². The standard InChI is InChI=1S/C14H28N2O3/c1-4-16(5-2)11-10-15-14(13(17)18)8-6-12(19-3)7-9-14/h12,15H,4-11H2,1-3H3,(H,17,18). The second kappa shape index (κ2) is 7.82. The molecule has 1 aliphatic carbocycles. The molecular weight excluding hydrogens is 244 g/mol. The summed E-state index contributed by atoms with van der Waals surface area (Å²) in [6, 6.07) is 0. The van der Waals surface area contributed by atoms with Crippen molar-refractivity contribution >= 4 is 5.97 Å². The van der Waals surface area contributed by atoms with Crippen LogP contribution in [-0.4, -0.2) is 60.9 Å². The van der Waals surface area contributed by atoms with Crippen molar-refractivity contribution < 1.29 is 14.6 Å². The van der Waals surface area contributed by atoms with E-state index in [0.717, 1.165) is 39.0 Å². The number of ether oxygens (including phenoxy) is 1. The van der Waals surface area contributed by atoms with Gasteiger partial charge in [-0.25, -0.2) is 0 Å². The number of hydrogen-bond acceptors (Lipinski definition) is 4. The van der Waals surface area contributed by atoms with Crippen LogP contribution in [0.15, 0.2) is 0 Å². The van der Waals surface area contributed by atoms with E-state index < -0.39 is 11.5 Å². The average molecular weight is 272 g/mol. The second-order valence-electron chi connectivity index (χ2n) is 5.28. The maximum absolute atomic E-state index is 11.6. The Labute approximate surface area is 116 Å². The third-order valence-corrected chi connectivity index (χ3v) is 4.31. The number of nitrogens with zero attached hydrogens (tertiary/aromatic N) is 1. The number of aliphatic carboxylic acids is 1. The number of carboxylic acids is 1. The summed E-state index contributed by atoms with van der Waals surface area (Å²) >= 11 is 0. The number of hydrogen-bond donors (Lipinski definition) is 2. The molecule has 2 N–H and O–H groups in total. The molecule has 0 amide bonds. The van der Waals surface area contributed by atoms with Crippen molar-refractivity contribution in [3.63, 3.8) is 0 Å². The van der Waals surface area contributed by atoms with Crippen LogP contribution < -0.4 is 5.32 Å². The van der Waals surface area contributed by atoms with Crippen molar-refractivity contribution in [2.45, 2.75) is 51.2 Å². The summed E-state index contributed by atoms with van der Waals surface area (Å²) in [7, 11) is 1.70. The molecule has 0 atom stereocenters. The van der Waals surface area contributed by atoms with Gasteiger partial charge in [0.05, 0.1) is 6.10 Å². The van der Waals surface area contributed by atoms with Gasteiger partial charge in [0.25, 0.3) is 0 Å². The summed E-state index contributed by atoms with van der Waals surface area (Å²) in [5.41, 5.74) is -0.748. The van der Waals surface area contributed by atoms with E-state index in [1.807, 2.05) is 0 Å². The van der Waals surface area contributed by atoms with Crippen molar-refractivity contribution in [3.05, 3.63) is 0 Å². The van der Waals surface area contributed by atoms with Crippen molar-refractivity contribution in [2.75, 3.05) is 33.3 Å². The Morgan fingerprint density at radius 2 is 1.95 bits per heavy atom. The summed E-state index contributed by atoms with van der Waals surface area (Å²) in [6.07, 6.45) is 3.16. The minimum absolute atomic E-state index is 0.219. The first-order valence-corrected chi connectivity index (χ1v) is 7.31. The topological polar surface area (TPSA) is 61.8 Å². The molecule has 112 valence electrons. The summed E-state index contributed by atoms with van der Waals surface area (Å²) < 4.78 is 5.31. The largest absolute Gasteiger partial charge is 0.480 e. The summed E-state index contributed by atoms with van der Waals surface area (Å²) in [5.74, 6) is -0.721. The van der Waals surface area contributed by atoms with Gasteiger partial charge in [0.1, 0.15) is 5.54 Å². The summed E-state index contributed by atoms with van der Waals surface area (Å²) in [4.78, 5) is 13.9. The lowest BCUT2D eigenvalue weighted by molar-refractivity contribution is -0.147. The molecule has 0 radical (unpaired) electrons. The highest BCUT2D eigenvalue weighted by Crippen LogP contribution is 2.30. The number of carbonyl (C=O) groups is 1. The predicted molar refractivity (Wildman–Crippen MR) is 75.4 cm³/mol. The van der Waals surface area contributed by atoms with E-state index in [4.69, 9.17) is 4.74 Å². The highest BCUT2D eigenvalue weighted by Gasteiger charge is 2.41. The minimum Gasteiger partial charge on any atom is -0.480 e. The van der Waals surface area contributed by atoms with Crippen LogP contribution in [-0.2, 0) is 9.53 Å². The first-order chi connectivity index (χ1) is 9.07. The molecule has 0 aromatic carbocycles. The molecular formula is C14H28N2O3. The zero-order chi connectivity index (χ0) is 14.3. The molecule has 0 heterocycles. The van der Waals surface area contributed by atoms with Crippen molar-refractivity contribution in [1.29, 1.82) is 0 Å². The van der Waals surface area contributed by atoms with Crippen molar-refractivity contribution in [1.82, 2.24) is 10.2 Å². The first kappa shape index (κ1) is 16.4. The Balaban J connectivity index is 2.47. The van der Waals surface area contributed by atoms with E-state index in [0.29, 0.717) is 12.8 Å². The summed E-state index contributed by atoms with van der Waals surface area (Å²) in [5, 5.41) is 12.8. The Morgan fingerprint density at radius 1 is 1.37 bits per heavy atom. The Hall–Kier alpha value is -0.650. The maximum Gasteiger partial charge on any atom is 0.323 e. The highest BCUT2D eigenvalue weighted by atomic mass is 16.5. The minimum atomic E-state index is -0.748. The van der Waals surface area contributed by atoms with Crippen LogP contribution in [0.5, 0.6) is 0 Å². The first-order valence-electron chi connectivity index (χ1n) is 7.31. The van der Waals surface area contributed by atoms with E-state index in [9.17, 15) is 9.90 Å². The molecule has 1 saturated carbocycles. The second-order valence-corrected chi connectivity index (χ2v) is 5.28. The van der Waals surface area contributed by atoms with Gasteiger partial charge >= 0.3 is 5.97 Å². The Morgan fingerprint density at radius 3 is 2.37 bits per heavy atom. The summed E-state index contributed by atoms with van der Waals surface area (Å²) in [6.45, 7) is 7.88. The molecule has 1 aliphatic rings. The Kier molecular flexibility index (Phi) is 6.75. The number of rotatable bonds is 8. The van der Waals surface area contributed by atoms with Gasteiger partial charge in [0.15, 0.2) is 0 Å². The van der Waals surface area contributed by atoms with Gasteiger partial charge in [-0.1, -0.05) is 13.8 Å². The normalized spacial score (nSPS) is 27.7. The van der Waals surface area contributed by atoms with Gasteiger partial charge in [-0.2, -0.15) is 0 Å². The predicted octanol–water partition coefficient (Wildman–Crippen LogP) is 1.33. The van der Waals surface area contributed by atoms with Crippen LogP contribution in [0, 0.1) is 0 Å². The van der Waals surface area contributed by atoms with Gasteiger partial charge in [-0.05, 0) is 38.8 Å². The smallest absolute Gasteiger partial charge is 0.323 e. The van der Waals surface area contributed by atoms with E-state index in [1.165, 1.54) is 0 Å². The molecule has 0 aliphatic heterocycles. The molecule has 5 heteroatoms. The van der Waals surface area contributed by atoms with Gasteiger partial charge in [-0.3, -0.25) is 4.79 Å². The number of methoxy groups -OCH3 is 1. The fourth-order valence-electron chi connectivity index (χ4n) is 2.78. The molecule has 0 aromatic heterocycles. The zero-order valence-electron chi connectivity index (χ0n) is 12.4. The third-order valence-electron chi connectivity index (χ3n) is 4.31. The van der Waals surface area contributed by atoms with Gasteiger partial charge in [0, 0.05) is 20.2 Å². The molecule has 0 aromatic rings. The van der Waals surface area contributed by atoms with E-state index >= 15 is 0 Å². The van der Waals surface area contributed by atoms with Crippen LogP contribution in [0.2, 0.25) is 0 Å². The molecule has 0 unspecified atom stereocenters. The zero-order valence-corrected chi connectivity index (χ0v) is 12.4. The number of nitrogens with one attached hydrogen (secondary N) is 1. The van der Waals surface area contributed by atoms with Gasteiger partial charge in [-0.15, -0.1) is 0 Å².